The Bertz CT molecular complexity index is 1550. The zero-order valence-electron chi connectivity index (χ0n) is 24.1. The van der Waals surface area contributed by atoms with Crippen LogP contribution in [-0.4, -0.2) is 37.6 Å². The first-order valence-electron chi connectivity index (χ1n) is 13.1. The highest BCUT2D eigenvalue weighted by Crippen LogP contribution is 2.29. The zero-order valence-corrected chi connectivity index (χ0v) is 24.9. The van der Waals surface area contributed by atoms with Crippen LogP contribution in [0.5, 0.6) is 0 Å². The first-order valence-corrected chi connectivity index (χ1v) is 14.6. The van der Waals surface area contributed by atoms with E-state index in [1.54, 1.807) is 114 Å². The Kier molecular flexibility index (Phi) is 9.58. The summed E-state index contributed by atoms with van der Waals surface area (Å²) in [5, 5.41) is 14.7. The lowest BCUT2D eigenvalue weighted by Gasteiger charge is -2.23. The number of nitriles is 1. The van der Waals surface area contributed by atoms with E-state index in [1.807, 2.05) is 0 Å². The number of nitrogens with one attached hydrogen (secondary N) is 3. The summed E-state index contributed by atoms with van der Waals surface area (Å²) >= 11 is 0. The van der Waals surface area contributed by atoms with Crippen LogP contribution in [0.2, 0.25) is 0 Å². The van der Waals surface area contributed by atoms with Gasteiger partial charge in [-0.3, -0.25) is 4.79 Å². The van der Waals surface area contributed by atoms with Crippen LogP contribution < -0.4 is 15.4 Å². The summed E-state index contributed by atoms with van der Waals surface area (Å²) in [6.45, 7) is 10.5. The van der Waals surface area contributed by atoms with Gasteiger partial charge in [-0.15, -0.1) is 0 Å². The van der Waals surface area contributed by atoms with E-state index < -0.39 is 39.2 Å². The summed E-state index contributed by atoms with van der Waals surface area (Å²) in [5.41, 5.74) is 1.34. The lowest BCUT2D eigenvalue weighted by atomic mass is 10.0. The maximum atomic E-state index is 13.3. The molecule has 0 saturated carbocycles. The number of benzene rings is 3. The van der Waals surface area contributed by atoms with E-state index >= 15 is 0 Å². The number of alkyl carbamates (subject to hydrolysis) is 1. The molecule has 0 aliphatic heterocycles. The molecule has 1 atom stereocenters. The van der Waals surface area contributed by atoms with E-state index in [2.05, 4.69) is 21.4 Å². The molecule has 10 heteroatoms. The third-order valence-corrected chi connectivity index (χ3v) is 7.40. The highest BCUT2D eigenvalue weighted by molar-refractivity contribution is 7.89. The predicted molar refractivity (Wildman–Crippen MR) is 159 cm³/mol. The molecule has 2 amide bonds. The van der Waals surface area contributed by atoms with Crippen molar-refractivity contribution >= 4 is 27.7 Å². The molecule has 0 aliphatic carbocycles. The minimum absolute atomic E-state index is 0.130. The van der Waals surface area contributed by atoms with Gasteiger partial charge in [-0.25, -0.2) is 17.9 Å². The normalized spacial score (nSPS) is 12.6. The maximum absolute atomic E-state index is 13.3. The SMILES string of the molecule is CC(C)(C)NS(=O)(=O)c1ccccc1-c1ccc(NC(=O)C(Cc2cccc(C#N)c2)NC(=O)OC(C)(C)C)cc1. The van der Waals surface area contributed by atoms with E-state index in [4.69, 9.17) is 4.74 Å². The molecule has 0 saturated heterocycles. The van der Waals surface area contributed by atoms with Crippen molar-refractivity contribution in [3.8, 4) is 17.2 Å². The number of sulfonamides is 1. The lowest BCUT2D eigenvalue weighted by molar-refractivity contribution is -0.118. The van der Waals surface area contributed by atoms with Gasteiger partial charge in [0, 0.05) is 23.2 Å². The number of amides is 2. The third-order valence-electron chi connectivity index (χ3n) is 5.58. The molecule has 1 unspecified atom stereocenters. The highest BCUT2D eigenvalue weighted by atomic mass is 32.2. The second kappa shape index (κ2) is 12.5. The van der Waals surface area contributed by atoms with Crippen molar-refractivity contribution in [1.29, 1.82) is 5.26 Å². The van der Waals surface area contributed by atoms with Crippen molar-refractivity contribution in [1.82, 2.24) is 10.0 Å². The molecule has 216 valence electrons. The van der Waals surface area contributed by atoms with Crippen LogP contribution in [0.25, 0.3) is 11.1 Å². The molecule has 3 rings (SSSR count). The smallest absolute Gasteiger partial charge is 0.408 e. The molecule has 3 N–H and O–H groups in total. The van der Waals surface area contributed by atoms with E-state index in [-0.39, 0.29) is 11.3 Å². The molecule has 9 nitrogen and oxygen atoms in total. The Morgan fingerprint density at radius 3 is 2.20 bits per heavy atom. The zero-order chi connectivity index (χ0) is 30.4. The van der Waals surface area contributed by atoms with Crippen LogP contribution >= 0.6 is 0 Å². The van der Waals surface area contributed by atoms with Crippen LogP contribution in [0, 0.1) is 11.3 Å². The molecule has 0 aromatic heterocycles. The summed E-state index contributed by atoms with van der Waals surface area (Å²) < 4.78 is 34.2. The number of rotatable bonds is 8. The van der Waals surface area contributed by atoms with Gasteiger partial charge in [-0.1, -0.05) is 42.5 Å². The molecule has 0 bridgehead atoms. The fraction of sp³-hybridized carbons (Fsp3) is 0.323. The van der Waals surface area contributed by atoms with E-state index in [0.29, 0.717) is 27.9 Å². The van der Waals surface area contributed by atoms with Gasteiger partial charge in [0.2, 0.25) is 15.9 Å². The van der Waals surface area contributed by atoms with Crippen molar-refractivity contribution in [2.45, 2.75) is 70.0 Å². The first-order chi connectivity index (χ1) is 19.1. The molecule has 0 aliphatic rings. The standard InChI is InChI=1S/C31H36N4O5S/c1-30(2,3)35-41(38,39)27-13-8-7-12-25(27)23-14-16-24(17-15-23)33-28(36)26(34-29(37)40-31(4,5)6)19-21-10-9-11-22(18-21)20-32/h7-18,26,35H,19H2,1-6H3,(H,33,36)(H,34,37). The van der Waals surface area contributed by atoms with Crippen molar-refractivity contribution in [3.63, 3.8) is 0 Å². The van der Waals surface area contributed by atoms with Crippen molar-refractivity contribution in [3.05, 3.63) is 83.9 Å². The molecule has 0 heterocycles. The molecular formula is C31H36N4O5S. The average Bonchev–Trinajstić information content (AvgIpc) is 2.86. The summed E-state index contributed by atoms with van der Waals surface area (Å²) in [7, 11) is -3.79. The Balaban J connectivity index is 1.84. The Labute approximate surface area is 242 Å². The lowest BCUT2D eigenvalue weighted by Crippen LogP contribution is -2.47. The molecule has 3 aromatic carbocycles. The van der Waals surface area contributed by atoms with Gasteiger partial charge in [-0.2, -0.15) is 5.26 Å². The van der Waals surface area contributed by atoms with Gasteiger partial charge < -0.3 is 15.4 Å². The van der Waals surface area contributed by atoms with Crippen molar-refractivity contribution < 1.29 is 22.7 Å². The van der Waals surface area contributed by atoms with Crippen LogP contribution in [0.3, 0.4) is 0 Å². The summed E-state index contributed by atoms with van der Waals surface area (Å²) in [5.74, 6) is -0.483. The third kappa shape index (κ3) is 9.45. The quantitative estimate of drug-likeness (QED) is 0.329. The summed E-state index contributed by atoms with van der Waals surface area (Å²) in [4.78, 5) is 26.0. The fourth-order valence-corrected chi connectivity index (χ4v) is 5.67. The average molecular weight is 577 g/mol. The van der Waals surface area contributed by atoms with Gasteiger partial charge in [0.1, 0.15) is 11.6 Å². The van der Waals surface area contributed by atoms with E-state index in [1.165, 1.54) is 0 Å². The minimum Gasteiger partial charge on any atom is -0.444 e. The molecule has 0 radical (unpaired) electrons. The van der Waals surface area contributed by atoms with Crippen LogP contribution in [-0.2, 0) is 26.0 Å². The maximum Gasteiger partial charge on any atom is 0.408 e. The molecule has 0 fully saturated rings. The number of anilines is 1. The minimum atomic E-state index is -3.79. The second-order valence-electron chi connectivity index (χ2n) is 11.6. The molecular weight excluding hydrogens is 540 g/mol. The summed E-state index contributed by atoms with van der Waals surface area (Å²) in [6, 6.07) is 21.3. The number of carbonyl (C=O) groups is 2. The monoisotopic (exact) mass is 576 g/mol. The van der Waals surface area contributed by atoms with Crippen LogP contribution in [0.4, 0.5) is 10.5 Å². The number of nitrogens with zero attached hydrogens (tertiary/aromatic N) is 1. The van der Waals surface area contributed by atoms with Gasteiger partial charge in [0.05, 0.1) is 16.5 Å². The van der Waals surface area contributed by atoms with Crippen LogP contribution in [0.1, 0.15) is 52.7 Å². The second-order valence-corrected chi connectivity index (χ2v) is 13.3. The van der Waals surface area contributed by atoms with Gasteiger partial charge in [0.25, 0.3) is 0 Å². The van der Waals surface area contributed by atoms with Crippen LogP contribution in [0.15, 0.2) is 77.7 Å². The Hall–Kier alpha value is -4.20. The largest absolute Gasteiger partial charge is 0.444 e. The molecule has 41 heavy (non-hydrogen) atoms. The molecule has 0 spiro atoms. The Morgan fingerprint density at radius 1 is 0.927 bits per heavy atom. The van der Waals surface area contributed by atoms with E-state index in [9.17, 15) is 23.3 Å². The van der Waals surface area contributed by atoms with Gasteiger partial charge in [-0.05, 0) is 83.0 Å². The number of hydrogen-bond acceptors (Lipinski definition) is 6. The summed E-state index contributed by atoms with van der Waals surface area (Å²) in [6.07, 6.45) is -0.615. The van der Waals surface area contributed by atoms with Gasteiger partial charge in [0.15, 0.2) is 0 Å². The number of ether oxygens (including phenoxy) is 1. The van der Waals surface area contributed by atoms with Gasteiger partial charge >= 0.3 is 6.09 Å². The van der Waals surface area contributed by atoms with Crippen molar-refractivity contribution in [2.24, 2.45) is 0 Å². The van der Waals surface area contributed by atoms with Crippen molar-refractivity contribution in [2.75, 3.05) is 5.32 Å². The molecule has 3 aromatic rings. The topological polar surface area (TPSA) is 137 Å². The number of carbonyl (C=O) groups excluding carboxylic acids is 2. The first kappa shape index (κ1) is 31.3. The Morgan fingerprint density at radius 2 is 1.59 bits per heavy atom. The van der Waals surface area contributed by atoms with E-state index in [0.717, 1.165) is 0 Å². The number of hydrogen-bond donors (Lipinski definition) is 3. The highest BCUT2D eigenvalue weighted by Gasteiger charge is 2.26. The fourth-order valence-electron chi connectivity index (χ4n) is 4.02. The predicted octanol–water partition coefficient (Wildman–Crippen LogP) is 5.38.